The predicted octanol–water partition coefficient (Wildman–Crippen LogP) is 4.60. The van der Waals surface area contributed by atoms with E-state index in [2.05, 4.69) is 5.32 Å². The standard InChI is InChI=1S/C18H15Cl2NO4/c1-23-16-9-17(24-2)13(7-12(16)20)21-14-8-15(25-18(14)22)10-3-5-11(19)6-4-10/h3-9,15,21H,1-2H3/t15-/m1/s1. The fourth-order valence-corrected chi connectivity index (χ4v) is 2.81. The van der Waals surface area contributed by atoms with Gasteiger partial charge in [0, 0.05) is 11.1 Å². The number of benzene rings is 2. The number of ether oxygens (including phenoxy) is 3. The zero-order chi connectivity index (χ0) is 18.0. The summed E-state index contributed by atoms with van der Waals surface area (Å²) in [5.74, 6) is 0.505. The predicted molar refractivity (Wildman–Crippen MR) is 96.5 cm³/mol. The van der Waals surface area contributed by atoms with Crippen molar-refractivity contribution in [2.45, 2.75) is 6.10 Å². The molecule has 130 valence electrons. The van der Waals surface area contributed by atoms with Crippen LogP contribution in [-0.2, 0) is 9.53 Å². The van der Waals surface area contributed by atoms with Gasteiger partial charge in [-0.2, -0.15) is 0 Å². The third kappa shape index (κ3) is 3.67. The van der Waals surface area contributed by atoms with Crippen molar-refractivity contribution in [2.24, 2.45) is 0 Å². The molecule has 0 saturated heterocycles. The molecule has 0 amide bonds. The third-order valence-corrected chi connectivity index (χ3v) is 4.26. The van der Waals surface area contributed by atoms with E-state index in [0.29, 0.717) is 32.9 Å². The summed E-state index contributed by atoms with van der Waals surface area (Å²) in [4.78, 5) is 12.2. The van der Waals surface area contributed by atoms with E-state index in [1.54, 1.807) is 30.3 Å². The van der Waals surface area contributed by atoms with Crippen LogP contribution < -0.4 is 14.8 Å². The molecule has 5 nitrogen and oxygen atoms in total. The van der Waals surface area contributed by atoms with Gasteiger partial charge >= 0.3 is 5.97 Å². The maximum atomic E-state index is 12.2. The van der Waals surface area contributed by atoms with Crippen molar-refractivity contribution in [1.82, 2.24) is 0 Å². The van der Waals surface area contributed by atoms with Crippen molar-refractivity contribution in [3.8, 4) is 11.5 Å². The Kier molecular flexibility index (Phi) is 5.06. The Morgan fingerprint density at radius 2 is 1.72 bits per heavy atom. The van der Waals surface area contributed by atoms with Gasteiger partial charge < -0.3 is 19.5 Å². The lowest BCUT2D eigenvalue weighted by molar-refractivity contribution is -0.139. The maximum Gasteiger partial charge on any atom is 0.355 e. The average molecular weight is 380 g/mol. The van der Waals surface area contributed by atoms with Crippen molar-refractivity contribution < 1.29 is 19.0 Å². The summed E-state index contributed by atoms with van der Waals surface area (Å²) in [5.41, 5.74) is 1.67. The molecule has 1 atom stereocenters. The number of carbonyl (C=O) groups is 1. The first-order valence-electron chi connectivity index (χ1n) is 7.38. The highest BCUT2D eigenvalue weighted by Gasteiger charge is 2.27. The van der Waals surface area contributed by atoms with Crippen LogP contribution in [-0.4, -0.2) is 20.2 Å². The van der Waals surface area contributed by atoms with Crippen LogP contribution >= 0.6 is 23.2 Å². The normalized spacial score (nSPS) is 16.2. The summed E-state index contributed by atoms with van der Waals surface area (Å²) < 4.78 is 15.9. The van der Waals surface area contributed by atoms with Crippen LogP contribution in [0.2, 0.25) is 10.0 Å². The number of rotatable bonds is 5. The number of hydrogen-bond donors (Lipinski definition) is 1. The number of esters is 1. The van der Waals surface area contributed by atoms with Crippen molar-refractivity contribution in [3.63, 3.8) is 0 Å². The smallest absolute Gasteiger partial charge is 0.355 e. The van der Waals surface area contributed by atoms with E-state index in [9.17, 15) is 4.79 Å². The van der Waals surface area contributed by atoms with Gasteiger partial charge in [0.25, 0.3) is 0 Å². The van der Waals surface area contributed by atoms with E-state index in [1.165, 1.54) is 14.2 Å². The van der Waals surface area contributed by atoms with Crippen LogP contribution in [0.1, 0.15) is 11.7 Å². The molecule has 7 heteroatoms. The molecule has 2 aromatic carbocycles. The van der Waals surface area contributed by atoms with Crippen molar-refractivity contribution in [1.29, 1.82) is 0 Å². The highest BCUT2D eigenvalue weighted by atomic mass is 35.5. The monoisotopic (exact) mass is 379 g/mol. The number of carbonyl (C=O) groups excluding carboxylic acids is 1. The molecule has 0 bridgehead atoms. The summed E-state index contributed by atoms with van der Waals surface area (Å²) in [6.07, 6.45) is 1.22. The van der Waals surface area contributed by atoms with Crippen LogP contribution in [0.25, 0.3) is 0 Å². The molecule has 0 aliphatic carbocycles. The highest BCUT2D eigenvalue weighted by molar-refractivity contribution is 6.32. The molecule has 1 N–H and O–H groups in total. The summed E-state index contributed by atoms with van der Waals surface area (Å²) >= 11 is 12.0. The Labute approximate surface area is 155 Å². The summed E-state index contributed by atoms with van der Waals surface area (Å²) in [5, 5.41) is 4.02. The second-order valence-electron chi connectivity index (χ2n) is 5.27. The van der Waals surface area contributed by atoms with E-state index in [4.69, 9.17) is 37.4 Å². The molecular formula is C18H15Cl2NO4. The molecule has 25 heavy (non-hydrogen) atoms. The van der Waals surface area contributed by atoms with Crippen molar-refractivity contribution in [3.05, 3.63) is 63.8 Å². The van der Waals surface area contributed by atoms with Gasteiger partial charge in [-0.1, -0.05) is 35.3 Å². The van der Waals surface area contributed by atoms with E-state index >= 15 is 0 Å². The lowest BCUT2D eigenvalue weighted by Crippen LogP contribution is -2.09. The maximum absolute atomic E-state index is 12.2. The quantitative estimate of drug-likeness (QED) is 0.768. The van der Waals surface area contributed by atoms with Crippen LogP contribution in [0.3, 0.4) is 0 Å². The van der Waals surface area contributed by atoms with Gasteiger partial charge in [-0.3, -0.25) is 0 Å². The first-order valence-corrected chi connectivity index (χ1v) is 8.14. The molecule has 0 fully saturated rings. The number of cyclic esters (lactones) is 1. The topological polar surface area (TPSA) is 56.8 Å². The van der Waals surface area contributed by atoms with Gasteiger partial charge in [-0.05, 0) is 29.8 Å². The van der Waals surface area contributed by atoms with Gasteiger partial charge in [0.15, 0.2) is 0 Å². The van der Waals surface area contributed by atoms with Gasteiger partial charge in [-0.25, -0.2) is 4.79 Å². The zero-order valence-corrected chi connectivity index (χ0v) is 15.0. The second kappa shape index (κ2) is 7.25. The minimum atomic E-state index is -0.480. The highest BCUT2D eigenvalue weighted by Crippen LogP contribution is 2.38. The summed E-state index contributed by atoms with van der Waals surface area (Å²) in [7, 11) is 3.03. The Balaban J connectivity index is 1.87. The van der Waals surface area contributed by atoms with Gasteiger partial charge in [0.05, 0.1) is 24.9 Å². The number of hydrogen-bond acceptors (Lipinski definition) is 5. The van der Waals surface area contributed by atoms with Gasteiger partial charge in [0.1, 0.15) is 23.3 Å². The van der Waals surface area contributed by atoms with Crippen molar-refractivity contribution in [2.75, 3.05) is 19.5 Å². The molecule has 0 radical (unpaired) electrons. The molecule has 2 aromatic rings. The van der Waals surface area contributed by atoms with E-state index < -0.39 is 12.1 Å². The molecule has 1 aliphatic rings. The van der Waals surface area contributed by atoms with E-state index in [-0.39, 0.29) is 0 Å². The fraction of sp³-hybridized carbons (Fsp3) is 0.167. The summed E-state index contributed by atoms with van der Waals surface area (Å²) in [6.45, 7) is 0. The van der Waals surface area contributed by atoms with E-state index in [1.807, 2.05) is 12.1 Å². The van der Waals surface area contributed by atoms with Crippen LogP contribution in [0.5, 0.6) is 11.5 Å². The number of anilines is 1. The fourth-order valence-electron chi connectivity index (χ4n) is 2.44. The SMILES string of the molecule is COc1cc(OC)c(NC2=C[C@H](c3ccc(Cl)cc3)OC2=O)cc1Cl. The Morgan fingerprint density at radius 1 is 1.04 bits per heavy atom. The largest absolute Gasteiger partial charge is 0.495 e. The molecule has 0 spiro atoms. The molecule has 3 rings (SSSR count). The number of methoxy groups -OCH3 is 2. The third-order valence-electron chi connectivity index (χ3n) is 3.71. The molecule has 1 heterocycles. The number of nitrogens with one attached hydrogen (secondary N) is 1. The molecule has 1 aliphatic heterocycles. The van der Waals surface area contributed by atoms with E-state index in [0.717, 1.165) is 5.56 Å². The van der Waals surface area contributed by atoms with Crippen molar-refractivity contribution >= 4 is 34.9 Å². The Bertz CT molecular complexity index is 834. The minimum absolute atomic E-state index is 0.305. The second-order valence-corrected chi connectivity index (χ2v) is 6.11. The lowest BCUT2D eigenvalue weighted by Gasteiger charge is -2.13. The Morgan fingerprint density at radius 3 is 2.36 bits per heavy atom. The molecule has 0 saturated carbocycles. The van der Waals surface area contributed by atoms with Crippen LogP contribution in [0.4, 0.5) is 5.69 Å². The molecule has 0 aromatic heterocycles. The van der Waals surface area contributed by atoms with Crippen LogP contribution in [0, 0.1) is 0 Å². The first kappa shape index (κ1) is 17.5. The van der Waals surface area contributed by atoms with Crippen LogP contribution in [0.15, 0.2) is 48.2 Å². The molecular weight excluding hydrogens is 365 g/mol. The summed E-state index contributed by atoms with van der Waals surface area (Å²) in [6, 6.07) is 10.4. The lowest BCUT2D eigenvalue weighted by atomic mass is 10.1. The Hall–Kier alpha value is -2.37. The van der Waals surface area contributed by atoms with Gasteiger partial charge in [0.2, 0.25) is 0 Å². The molecule has 0 unspecified atom stereocenters. The zero-order valence-electron chi connectivity index (χ0n) is 13.5. The first-order chi connectivity index (χ1) is 12.0. The number of halogens is 2. The average Bonchev–Trinajstić information content (AvgIpc) is 2.96. The van der Waals surface area contributed by atoms with Gasteiger partial charge in [-0.15, -0.1) is 0 Å². The minimum Gasteiger partial charge on any atom is -0.495 e.